The van der Waals surface area contributed by atoms with Crippen LogP contribution < -0.4 is 5.32 Å². The number of ketones is 1. The number of hydrogen-bond donors (Lipinski definition) is 1. The van der Waals surface area contributed by atoms with Crippen LogP contribution in [0.1, 0.15) is 53.8 Å². The van der Waals surface area contributed by atoms with Crippen molar-refractivity contribution in [2.24, 2.45) is 5.92 Å². The average molecular weight is 374 g/mol. The number of esters is 1. The molecule has 1 aromatic carbocycles. The maximum atomic E-state index is 12.6. The lowest BCUT2D eigenvalue weighted by molar-refractivity contribution is -0.145. The number of carbonyl (C=O) groups is 4. The number of piperidine rings is 1. The van der Waals surface area contributed by atoms with Crippen molar-refractivity contribution in [2.45, 2.75) is 39.2 Å². The number of nitrogens with one attached hydrogen (secondary N) is 1. The Labute approximate surface area is 159 Å². The molecule has 1 N–H and O–H groups in total. The highest BCUT2D eigenvalue weighted by Crippen LogP contribution is 2.24. The molecule has 1 heterocycles. The Morgan fingerprint density at radius 1 is 1.07 bits per heavy atom. The number of methoxy groups -OCH3 is 1. The van der Waals surface area contributed by atoms with Crippen LogP contribution in [0.4, 0.5) is 0 Å². The van der Waals surface area contributed by atoms with E-state index in [1.54, 1.807) is 29.2 Å². The van der Waals surface area contributed by atoms with Gasteiger partial charge >= 0.3 is 5.97 Å². The first-order chi connectivity index (χ1) is 12.8. The molecule has 2 rings (SSSR count). The minimum atomic E-state index is -0.654. The van der Waals surface area contributed by atoms with Crippen molar-refractivity contribution in [1.82, 2.24) is 10.2 Å². The van der Waals surface area contributed by atoms with E-state index in [1.165, 1.54) is 21.0 Å². The van der Waals surface area contributed by atoms with Crippen LogP contribution in [0.5, 0.6) is 0 Å². The van der Waals surface area contributed by atoms with E-state index in [0.717, 1.165) is 12.8 Å². The van der Waals surface area contributed by atoms with E-state index in [0.29, 0.717) is 30.6 Å². The number of hydrogen-bond acceptors (Lipinski definition) is 5. The lowest BCUT2D eigenvalue weighted by Crippen LogP contribution is -2.44. The van der Waals surface area contributed by atoms with Gasteiger partial charge in [-0.3, -0.25) is 14.4 Å². The molecule has 1 atom stereocenters. The molecule has 1 saturated heterocycles. The van der Waals surface area contributed by atoms with Crippen molar-refractivity contribution in [1.29, 1.82) is 0 Å². The molecule has 0 radical (unpaired) electrons. The standard InChI is InChI=1S/C20H26N2O5/c1-13(23)16-4-6-17(7-5-16)19(25)22-10-8-15(9-11-22)12-18(20(26)27-3)21-14(2)24/h4-7,15,18H,8-12H2,1-3H3,(H,21,24). The fraction of sp³-hybridized carbons (Fsp3) is 0.500. The Bertz CT molecular complexity index is 706. The highest BCUT2D eigenvalue weighted by atomic mass is 16.5. The molecular formula is C20H26N2O5. The first-order valence-corrected chi connectivity index (χ1v) is 9.07. The molecule has 1 aliphatic rings. The summed E-state index contributed by atoms with van der Waals surface area (Å²) in [7, 11) is 1.30. The number of benzene rings is 1. The molecule has 1 fully saturated rings. The van der Waals surface area contributed by atoms with Gasteiger partial charge in [-0.1, -0.05) is 12.1 Å². The first kappa shape index (κ1) is 20.6. The lowest BCUT2D eigenvalue weighted by atomic mass is 9.89. The molecule has 1 aromatic rings. The monoisotopic (exact) mass is 374 g/mol. The van der Waals surface area contributed by atoms with Crippen molar-refractivity contribution < 1.29 is 23.9 Å². The number of rotatable bonds is 6. The Morgan fingerprint density at radius 2 is 1.63 bits per heavy atom. The van der Waals surface area contributed by atoms with Crippen molar-refractivity contribution in [2.75, 3.05) is 20.2 Å². The van der Waals surface area contributed by atoms with Gasteiger partial charge in [-0.25, -0.2) is 4.79 Å². The van der Waals surface area contributed by atoms with Gasteiger partial charge in [0.05, 0.1) is 7.11 Å². The smallest absolute Gasteiger partial charge is 0.328 e. The number of amides is 2. The summed E-state index contributed by atoms with van der Waals surface area (Å²) in [5, 5.41) is 2.63. The number of ether oxygens (including phenoxy) is 1. The third kappa shape index (κ3) is 5.64. The van der Waals surface area contributed by atoms with E-state index < -0.39 is 12.0 Å². The van der Waals surface area contributed by atoms with Crippen LogP contribution in [0.15, 0.2) is 24.3 Å². The van der Waals surface area contributed by atoms with Crippen LogP contribution >= 0.6 is 0 Å². The summed E-state index contributed by atoms with van der Waals surface area (Å²) in [6.45, 7) is 4.04. The quantitative estimate of drug-likeness (QED) is 0.605. The fourth-order valence-corrected chi connectivity index (χ4v) is 3.34. The molecular weight excluding hydrogens is 348 g/mol. The minimum Gasteiger partial charge on any atom is -0.467 e. The van der Waals surface area contributed by atoms with Gasteiger partial charge in [0, 0.05) is 31.1 Å². The third-order valence-corrected chi connectivity index (χ3v) is 4.87. The maximum absolute atomic E-state index is 12.6. The van der Waals surface area contributed by atoms with Crippen LogP contribution in [0, 0.1) is 5.92 Å². The molecule has 7 heteroatoms. The Kier molecular flexibility index (Phi) is 7.10. The summed E-state index contributed by atoms with van der Waals surface area (Å²) in [4.78, 5) is 48.9. The van der Waals surface area contributed by atoms with E-state index in [2.05, 4.69) is 5.32 Å². The predicted octanol–water partition coefficient (Wildman–Crippen LogP) is 1.81. The van der Waals surface area contributed by atoms with Gasteiger partial charge in [0.15, 0.2) is 5.78 Å². The number of likely N-dealkylation sites (tertiary alicyclic amines) is 1. The van der Waals surface area contributed by atoms with Gasteiger partial charge < -0.3 is 15.0 Å². The molecule has 0 saturated carbocycles. The van der Waals surface area contributed by atoms with Gasteiger partial charge in [-0.2, -0.15) is 0 Å². The fourth-order valence-electron chi connectivity index (χ4n) is 3.34. The minimum absolute atomic E-state index is 0.0332. The van der Waals surface area contributed by atoms with Crippen molar-refractivity contribution in [3.63, 3.8) is 0 Å². The SMILES string of the molecule is COC(=O)C(CC1CCN(C(=O)c2ccc(C(C)=O)cc2)CC1)NC(C)=O. The normalized spacial score (nSPS) is 15.7. The summed E-state index contributed by atoms with van der Waals surface area (Å²) < 4.78 is 4.76. The zero-order chi connectivity index (χ0) is 20.0. The van der Waals surface area contributed by atoms with Crippen molar-refractivity contribution in [3.05, 3.63) is 35.4 Å². The number of Topliss-reactive ketones (excluding diaryl/α,β-unsaturated/α-hetero) is 1. The molecule has 0 spiro atoms. The summed E-state index contributed by atoms with van der Waals surface area (Å²) in [6, 6.07) is 6.02. The summed E-state index contributed by atoms with van der Waals surface area (Å²) in [6.07, 6.45) is 2.01. The van der Waals surface area contributed by atoms with Crippen molar-refractivity contribution in [3.8, 4) is 0 Å². The molecule has 0 aliphatic carbocycles. The summed E-state index contributed by atoms with van der Waals surface area (Å²) in [5.41, 5.74) is 1.14. The molecule has 0 bridgehead atoms. The van der Waals surface area contributed by atoms with Gasteiger partial charge in [-0.15, -0.1) is 0 Å². The van der Waals surface area contributed by atoms with Gasteiger partial charge in [-0.05, 0) is 44.2 Å². The second kappa shape index (κ2) is 9.30. The molecule has 0 aromatic heterocycles. The third-order valence-electron chi connectivity index (χ3n) is 4.87. The second-order valence-corrected chi connectivity index (χ2v) is 6.88. The lowest BCUT2D eigenvalue weighted by Gasteiger charge is -2.33. The van der Waals surface area contributed by atoms with E-state index in [9.17, 15) is 19.2 Å². The molecule has 2 amide bonds. The molecule has 27 heavy (non-hydrogen) atoms. The van der Waals surface area contributed by atoms with Crippen LogP contribution in [0.25, 0.3) is 0 Å². The van der Waals surface area contributed by atoms with Crippen LogP contribution in [0.2, 0.25) is 0 Å². The van der Waals surface area contributed by atoms with Crippen LogP contribution in [-0.4, -0.2) is 54.7 Å². The molecule has 7 nitrogen and oxygen atoms in total. The van der Waals surface area contributed by atoms with E-state index in [4.69, 9.17) is 4.74 Å². The van der Waals surface area contributed by atoms with E-state index >= 15 is 0 Å². The average Bonchev–Trinajstić information content (AvgIpc) is 2.66. The van der Waals surface area contributed by atoms with E-state index in [1.807, 2.05) is 0 Å². The molecule has 146 valence electrons. The highest BCUT2D eigenvalue weighted by molar-refractivity contribution is 5.97. The second-order valence-electron chi connectivity index (χ2n) is 6.88. The first-order valence-electron chi connectivity index (χ1n) is 9.07. The van der Waals surface area contributed by atoms with Crippen LogP contribution in [-0.2, 0) is 14.3 Å². The Hall–Kier alpha value is -2.70. The largest absolute Gasteiger partial charge is 0.467 e. The predicted molar refractivity (Wildman–Crippen MR) is 99.3 cm³/mol. The highest BCUT2D eigenvalue weighted by Gasteiger charge is 2.29. The summed E-state index contributed by atoms with van der Waals surface area (Å²) in [5.74, 6) is -0.588. The topological polar surface area (TPSA) is 92.8 Å². The van der Waals surface area contributed by atoms with Crippen LogP contribution in [0.3, 0.4) is 0 Å². The van der Waals surface area contributed by atoms with Gasteiger partial charge in [0.1, 0.15) is 6.04 Å². The Morgan fingerprint density at radius 3 is 2.11 bits per heavy atom. The molecule has 1 unspecified atom stereocenters. The number of nitrogens with zero attached hydrogens (tertiary/aromatic N) is 1. The maximum Gasteiger partial charge on any atom is 0.328 e. The number of carbonyl (C=O) groups excluding carboxylic acids is 4. The zero-order valence-electron chi connectivity index (χ0n) is 16.0. The van der Waals surface area contributed by atoms with Gasteiger partial charge in [0.25, 0.3) is 5.91 Å². The summed E-state index contributed by atoms with van der Waals surface area (Å²) >= 11 is 0. The van der Waals surface area contributed by atoms with Gasteiger partial charge in [0.2, 0.25) is 5.91 Å². The van der Waals surface area contributed by atoms with E-state index in [-0.39, 0.29) is 23.5 Å². The molecule has 1 aliphatic heterocycles. The Balaban J connectivity index is 1.91. The van der Waals surface area contributed by atoms with Crippen molar-refractivity contribution >= 4 is 23.6 Å². The zero-order valence-corrected chi connectivity index (χ0v) is 16.0.